The highest BCUT2D eigenvalue weighted by Gasteiger charge is 2.21. The molecule has 0 bridgehead atoms. The fourth-order valence-electron chi connectivity index (χ4n) is 1.66. The van der Waals surface area contributed by atoms with Crippen LogP contribution in [0.15, 0.2) is 0 Å². The summed E-state index contributed by atoms with van der Waals surface area (Å²) in [6, 6.07) is 0. The third-order valence-corrected chi connectivity index (χ3v) is 2.74. The Labute approximate surface area is 99.2 Å². The van der Waals surface area contributed by atoms with E-state index in [4.69, 9.17) is 4.74 Å². The highest BCUT2D eigenvalue weighted by atomic mass is 16.5. The molecule has 96 valence electrons. The second-order valence-electron chi connectivity index (χ2n) is 4.61. The molecule has 0 aromatic carbocycles. The van der Waals surface area contributed by atoms with E-state index in [-0.39, 0.29) is 5.97 Å². The summed E-state index contributed by atoms with van der Waals surface area (Å²) in [6.07, 6.45) is 6.19. The van der Waals surface area contributed by atoms with Crippen LogP contribution >= 0.6 is 0 Å². The molecule has 0 aliphatic heterocycles. The summed E-state index contributed by atoms with van der Waals surface area (Å²) in [5, 5.41) is 10.0. The van der Waals surface area contributed by atoms with Gasteiger partial charge in [0.25, 0.3) is 0 Å². The van der Waals surface area contributed by atoms with Crippen molar-refractivity contribution in [2.45, 2.75) is 71.3 Å². The number of carbonyl (C=O) groups excluding carboxylic acids is 1. The van der Waals surface area contributed by atoms with Crippen LogP contribution in [0.4, 0.5) is 0 Å². The largest absolute Gasteiger partial charge is 0.466 e. The van der Waals surface area contributed by atoms with Gasteiger partial charge in [-0.3, -0.25) is 4.79 Å². The van der Waals surface area contributed by atoms with E-state index in [1.807, 2.05) is 0 Å². The molecular formula is C13H26O3. The lowest BCUT2D eigenvalue weighted by Gasteiger charge is -2.22. The van der Waals surface area contributed by atoms with Crippen LogP contribution in [0.5, 0.6) is 0 Å². The maximum atomic E-state index is 11.1. The molecule has 0 saturated heterocycles. The first-order valence-corrected chi connectivity index (χ1v) is 6.40. The van der Waals surface area contributed by atoms with Gasteiger partial charge in [-0.25, -0.2) is 0 Å². The number of hydrogen-bond donors (Lipinski definition) is 1. The minimum atomic E-state index is -0.722. The predicted octanol–water partition coefficient (Wildman–Crippen LogP) is 3.05. The van der Waals surface area contributed by atoms with E-state index in [1.54, 1.807) is 13.8 Å². The number of rotatable bonds is 9. The Kier molecular flexibility index (Phi) is 8.26. The van der Waals surface area contributed by atoms with E-state index in [0.717, 1.165) is 19.3 Å². The number of aliphatic hydroxyl groups is 1. The Hall–Kier alpha value is -0.570. The molecule has 0 aromatic rings. The van der Waals surface area contributed by atoms with E-state index < -0.39 is 5.60 Å². The van der Waals surface area contributed by atoms with E-state index in [2.05, 4.69) is 6.92 Å². The van der Waals surface area contributed by atoms with Crippen molar-refractivity contribution in [3.05, 3.63) is 0 Å². The molecule has 0 fully saturated rings. The van der Waals surface area contributed by atoms with Crippen molar-refractivity contribution >= 4 is 5.97 Å². The van der Waals surface area contributed by atoms with Crippen LogP contribution in [0.2, 0.25) is 0 Å². The lowest BCUT2D eigenvalue weighted by Crippen LogP contribution is -2.25. The fourth-order valence-corrected chi connectivity index (χ4v) is 1.66. The zero-order valence-corrected chi connectivity index (χ0v) is 10.9. The minimum Gasteiger partial charge on any atom is -0.466 e. The molecule has 0 aromatic heterocycles. The van der Waals surface area contributed by atoms with Crippen LogP contribution in [0.3, 0.4) is 0 Å². The van der Waals surface area contributed by atoms with Gasteiger partial charge in [0.15, 0.2) is 0 Å². The van der Waals surface area contributed by atoms with Gasteiger partial charge in [-0.2, -0.15) is 0 Å². The zero-order valence-electron chi connectivity index (χ0n) is 10.9. The van der Waals surface area contributed by atoms with Crippen molar-refractivity contribution in [1.29, 1.82) is 0 Å². The lowest BCUT2D eigenvalue weighted by molar-refractivity contribution is -0.144. The van der Waals surface area contributed by atoms with Crippen LogP contribution < -0.4 is 0 Å². The molecule has 0 aliphatic rings. The first-order valence-electron chi connectivity index (χ1n) is 6.40. The van der Waals surface area contributed by atoms with Crippen LogP contribution in [-0.4, -0.2) is 23.3 Å². The summed E-state index contributed by atoms with van der Waals surface area (Å²) in [4.78, 5) is 11.1. The molecule has 1 atom stereocenters. The van der Waals surface area contributed by atoms with Crippen LogP contribution in [0.1, 0.15) is 65.7 Å². The second-order valence-corrected chi connectivity index (χ2v) is 4.61. The predicted molar refractivity (Wildman–Crippen MR) is 65.2 cm³/mol. The summed E-state index contributed by atoms with van der Waals surface area (Å²) in [5.74, 6) is -0.212. The third kappa shape index (κ3) is 8.72. The molecule has 3 nitrogen and oxygen atoms in total. The van der Waals surface area contributed by atoms with Gasteiger partial charge in [-0.15, -0.1) is 0 Å². The standard InChI is InChI=1S/C13H26O3/c1-4-6-7-8-10-13(3,15)11-9-12(14)16-5-2/h15H,4-11H2,1-3H3. The molecule has 3 heteroatoms. The SMILES string of the molecule is CCCCCCC(C)(O)CCC(=O)OCC. The second kappa shape index (κ2) is 8.57. The highest BCUT2D eigenvalue weighted by molar-refractivity contribution is 5.69. The lowest BCUT2D eigenvalue weighted by atomic mass is 9.93. The molecule has 16 heavy (non-hydrogen) atoms. The Morgan fingerprint density at radius 2 is 1.88 bits per heavy atom. The number of carbonyl (C=O) groups is 1. The monoisotopic (exact) mass is 230 g/mol. The van der Waals surface area contributed by atoms with Gasteiger partial charge in [-0.1, -0.05) is 32.6 Å². The molecule has 1 unspecified atom stereocenters. The molecule has 0 amide bonds. The van der Waals surface area contributed by atoms with Crippen LogP contribution in [0, 0.1) is 0 Å². The number of ether oxygens (including phenoxy) is 1. The van der Waals surface area contributed by atoms with E-state index in [0.29, 0.717) is 19.4 Å². The van der Waals surface area contributed by atoms with Crippen molar-refractivity contribution in [2.75, 3.05) is 6.61 Å². The summed E-state index contributed by atoms with van der Waals surface area (Å²) in [6.45, 7) is 6.18. The van der Waals surface area contributed by atoms with Gasteiger partial charge in [0.2, 0.25) is 0 Å². The summed E-state index contributed by atoms with van der Waals surface area (Å²) < 4.78 is 4.83. The summed E-state index contributed by atoms with van der Waals surface area (Å²) >= 11 is 0. The maximum absolute atomic E-state index is 11.1. The third-order valence-electron chi connectivity index (χ3n) is 2.74. The van der Waals surface area contributed by atoms with Crippen molar-refractivity contribution in [2.24, 2.45) is 0 Å². The quantitative estimate of drug-likeness (QED) is 0.489. The van der Waals surface area contributed by atoms with Crippen LogP contribution in [0.25, 0.3) is 0 Å². The van der Waals surface area contributed by atoms with E-state index in [9.17, 15) is 9.90 Å². The number of esters is 1. The average molecular weight is 230 g/mol. The molecule has 0 aliphatic carbocycles. The Morgan fingerprint density at radius 3 is 2.44 bits per heavy atom. The maximum Gasteiger partial charge on any atom is 0.305 e. The number of hydrogen-bond acceptors (Lipinski definition) is 3. The molecule has 1 N–H and O–H groups in total. The van der Waals surface area contributed by atoms with Gasteiger partial charge in [-0.05, 0) is 26.7 Å². The Morgan fingerprint density at radius 1 is 1.19 bits per heavy atom. The molecule has 0 saturated carbocycles. The molecule has 0 rings (SSSR count). The van der Waals surface area contributed by atoms with Crippen molar-refractivity contribution in [3.63, 3.8) is 0 Å². The highest BCUT2D eigenvalue weighted by Crippen LogP contribution is 2.20. The molecule has 0 heterocycles. The summed E-state index contributed by atoms with van der Waals surface area (Å²) in [7, 11) is 0. The van der Waals surface area contributed by atoms with E-state index >= 15 is 0 Å². The molecular weight excluding hydrogens is 204 g/mol. The first kappa shape index (κ1) is 15.4. The normalized spacial score (nSPS) is 14.5. The Balaban J connectivity index is 3.64. The smallest absolute Gasteiger partial charge is 0.305 e. The van der Waals surface area contributed by atoms with Gasteiger partial charge in [0.05, 0.1) is 12.2 Å². The van der Waals surface area contributed by atoms with Crippen LogP contribution in [-0.2, 0) is 9.53 Å². The fraction of sp³-hybridized carbons (Fsp3) is 0.923. The summed E-state index contributed by atoms with van der Waals surface area (Å²) in [5.41, 5.74) is -0.722. The molecule has 0 spiro atoms. The number of unbranched alkanes of at least 4 members (excludes halogenated alkanes) is 3. The average Bonchev–Trinajstić information content (AvgIpc) is 2.22. The van der Waals surface area contributed by atoms with Crippen molar-refractivity contribution in [3.8, 4) is 0 Å². The van der Waals surface area contributed by atoms with E-state index in [1.165, 1.54) is 12.8 Å². The van der Waals surface area contributed by atoms with Crippen molar-refractivity contribution in [1.82, 2.24) is 0 Å². The van der Waals surface area contributed by atoms with Gasteiger partial charge < -0.3 is 9.84 Å². The topological polar surface area (TPSA) is 46.5 Å². The first-order chi connectivity index (χ1) is 7.52. The zero-order chi connectivity index (χ0) is 12.4. The van der Waals surface area contributed by atoms with Crippen molar-refractivity contribution < 1.29 is 14.6 Å². The molecule has 0 radical (unpaired) electrons. The Bertz CT molecular complexity index is 188. The minimum absolute atomic E-state index is 0.212. The van der Waals surface area contributed by atoms with Gasteiger partial charge in [0.1, 0.15) is 0 Å². The van der Waals surface area contributed by atoms with Gasteiger partial charge in [0, 0.05) is 6.42 Å². The van der Waals surface area contributed by atoms with Gasteiger partial charge >= 0.3 is 5.97 Å².